The summed E-state index contributed by atoms with van der Waals surface area (Å²) in [6, 6.07) is 0.0278. The molecule has 1 aliphatic rings. The molecule has 136 valence electrons. The van der Waals surface area contributed by atoms with E-state index in [2.05, 4.69) is 29.2 Å². The third kappa shape index (κ3) is 4.55. The molecule has 1 aromatic heterocycles. The molecule has 7 nitrogen and oxygen atoms in total. The minimum absolute atomic E-state index is 0.0805. The van der Waals surface area contributed by atoms with Crippen molar-refractivity contribution in [2.75, 3.05) is 39.5 Å². The Hall–Kier alpha value is -1.44. The van der Waals surface area contributed by atoms with Gasteiger partial charge in [0.05, 0.1) is 43.7 Å². The zero-order valence-electron chi connectivity index (χ0n) is 15.0. The zero-order chi connectivity index (χ0) is 17.5. The molecule has 1 fully saturated rings. The fourth-order valence-electron chi connectivity index (χ4n) is 3.16. The van der Waals surface area contributed by atoms with E-state index in [1.54, 1.807) is 6.20 Å². The van der Waals surface area contributed by atoms with E-state index in [0.29, 0.717) is 31.4 Å². The number of aromatic nitrogens is 2. The minimum atomic E-state index is -0.286. The molecule has 0 aliphatic carbocycles. The van der Waals surface area contributed by atoms with Crippen LogP contribution in [0.2, 0.25) is 0 Å². The van der Waals surface area contributed by atoms with E-state index in [4.69, 9.17) is 4.74 Å². The highest BCUT2D eigenvalue weighted by Gasteiger charge is 2.22. The quantitative estimate of drug-likeness (QED) is 0.738. The maximum absolute atomic E-state index is 12.6. The molecule has 0 spiro atoms. The second-order valence-electron chi connectivity index (χ2n) is 6.32. The number of ether oxygens (including phenoxy) is 1. The fourth-order valence-corrected chi connectivity index (χ4v) is 3.16. The molecular formula is C17H30N4O3. The number of morpholine rings is 1. The molecule has 2 rings (SSSR count). The van der Waals surface area contributed by atoms with Gasteiger partial charge in [-0.3, -0.25) is 14.4 Å². The smallest absolute Gasteiger partial charge is 0.255 e. The van der Waals surface area contributed by atoms with Gasteiger partial charge in [0.2, 0.25) is 0 Å². The lowest BCUT2D eigenvalue weighted by molar-refractivity contribution is 0.0297. The maximum Gasteiger partial charge on any atom is 0.255 e. The van der Waals surface area contributed by atoms with Crippen LogP contribution in [0.25, 0.3) is 0 Å². The highest BCUT2D eigenvalue weighted by molar-refractivity contribution is 5.95. The average molecular weight is 338 g/mol. The Bertz CT molecular complexity index is 522. The normalized spacial score (nSPS) is 17.2. The second-order valence-corrected chi connectivity index (χ2v) is 6.32. The van der Waals surface area contributed by atoms with Crippen molar-refractivity contribution >= 4 is 5.91 Å². The summed E-state index contributed by atoms with van der Waals surface area (Å²) in [4.78, 5) is 14.8. The predicted molar refractivity (Wildman–Crippen MR) is 92.2 cm³/mol. The first-order chi connectivity index (χ1) is 11.6. The molecule has 0 unspecified atom stereocenters. The van der Waals surface area contributed by atoms with Crippen LogP contribution in [0.15, 0.2) is 6.20 Å². The molecule has 2 heterocycles. The Kier molecular flexibility index (Phi) is 7.20. The average Bonchev–Trinajstić information content (AvgIpc) is 2.98. The Balaban J connectivity index is 1.99. The van der Waals surface area contributed by atoms with Gasteiger partial charge in [0.15, 0.2) is 0 Å². The number of nitrogens with zero attached hydrogens (tertiary/aromatic N) is 3. The molecule has 0 saturated carbocycles. The number of nitrogens with one attached hydrogen (secondary N) is 1. The summed E-state index contributed by atoms with van der Waals surface area (Å²) in [5.74, 6) is -0.169. The summed E-state index contributed by atoms with van der Waals surface area (Å²) in [5.41, 5.74) is 1.46. The van der Waals surface area contributed by atoms with Crippen LogP contribution >= 0.6 is 0 Å². The van der Waals surface area contributed by atoms with Gasteiger partial charge in [0, 0.05) is 25.3 Å². The van der Waals surface area contributed by atoms with Crippen molar-refractivity contribution in [1.82, 2.24) is 20.0 Å². The molecule has 1 atom stereocenters. The molecule has 24 heavy (non-hydrogen) atoms. The van der Waals surface area contributed by atoms with Crippen molar-refractivity contribution in [2.45, 2.75) is 45.7 Å². The molecule has 1 aliphatic heterocycles. The van der Waals surface area contributed by atoms with Crippen molar-refractivity contribution in [3.8, 4) is 0 Å². The summed E-state index contributed by atoms with van der Waals surface area (Å²) in [5, 5.41) is 16.9. The monoisotopic (exact) mass is 338 g/mol. The second kappa shape index (κ2) is 9.15. The van der Waals surface area contributed by atoms with Crippen molar-refractivity contribution in [3.63, 3.8) is 0 Å². The predicted octanol–water partition coefficient (Wildman–Crippen LogP) is 0.976. The summed E-state index contributed by atoms with van der Waals surface area (Å²) < 4.78 is 7.26. The number of carbonyl (C=O) groups is 1. The summed E-state index contributed by atoms with van der Waals surface area (Å²) >= 11 is 0. The van der Waals surface area contributed by atoms with Crippen molar-refractivity contribution < 1.29 is 14.6 Å². The van der Waals surface area contributed by atoms with E-state index in [-0.39, 0.29) is 18.6 Å². The van der Waals surface area contributed by atoms with Crippen molar-refractivity contribution in [3.05, 3.63) is 17.5 Å². The Labute approximate surface area is 144 Å². The Morgan fingerprint density at radius 3 is 2.62 bits per heavy atom. The third-order valence-corrected chi connectivity index (χ3v) is 4.72. The van der Waals surface area contributed by atoms with Crippen LogP contribution in [0, 0.1) is 6.92 Å². The van der Waals surface area contributed by atoms with Gasteiger partial charge in [-0.1, -0.05) is 13.8 Å². The van der Waals surface area contributed by atoms with E-state index >= 15 is 0 Å². The number of amides is 1. The first kappa shape index (κ1) is 18.9. The summed E-state index contributed by atoms with van der Waals surface area (Å²) in [6.45, 7) is 9.79. The zero-order valence-corrected chi connectivity index (χ0v) is 15.0. The van der Waals surface area contributed by atoms with Gasteiger partial charge in [-0.05, 0) is 19.8 Å². The van der Waals surface area contributed by atoms with Crippen molar-refractivity contribution in [1.29, 1.82) is 0 Å². The van der Waals surface area contributed by atoms with Gasteiger partial charge in [0.1, 0.15) is 0 Å². The third-order valence-electron chi connectivity index (χ3n) is 4.72. The van der Waals surface area contributed by atoms with E-state index in [1.165, 1.54) is 0 Å². The molecule has 0 bridgehead atoms. The summed E-state index contributed by atoms with van der Waals surface area (Å²) in [6.07, 6.45) is 3.60. The van der Waals surface area contributed by atoms with E-state index in [0.717, 1.165) is 31.6 Å². The number of carbonyl (C=O) groups excluding carboxylic acids is 1. The number of hydrogen-bond acceptors (Lipinski definition) is 5. The van der Waals surface area contributed by atoms with Gasteiger partial charge >= 0.3 is 0 Å². The largest absolute Gasteiger partial charge is 0.394 e. The minimum Gasteiger partial charge on any atom is -0.394 e. The van der Waals surface area contributed by atoms with Gasteiger partial charge < -0.3 is 15.2 Å². The fraction of sp³-hybridized carbons (Fsp3) is 0.765. The molecule has 1 aromatic rings. The number of hydrogen-bond donors (Lipinski definition) is 2. The molecule has 1 saturated heterocycles. The highest BCUT2D eigenvalue weighted by atomic mass is 16.5. The van der Waals surface area contributed by atoms with Gasteiger partial charge in [-0.25, -0.2) is 0 Å². The molecule has 0 aromatic carbocycles. The highest BCUT2D eigenvalue weighted by Crippen LogP contribution is 2.19. The van der Waals surface area contributed by atoms with Crippen LogP contribution in [0.1, 0.15) is 48.8 Å². The van der Waals surface area contributed by atoms with Crippen LogP contribution in [0.5, 0.6) is 0 Å². The van der Waals surface area contributed by atoms with Gasteiger partial charge in [-0.15, -0.1) is 0 Å². The van der Waals surface area contributed by atoms with E-state index in [1.807, 2.05) is 11.6 Å². The number of aliphatic hydroxyl groups is 1. The standard InChI is InChI=1S/C17H30N4O3/c1-4-15(5-2)21-13(3)16(10-18-21)17(23)19-14(12-22)11-20-6-8-24-9-7-20/h10,14-15,22H,4-9,11-12H2,1-3H3,(H,19,23)/t14-/m0/s1. The van der Waals surface area contributed by atoms with Gasteiger partial charge in [0.25, 0.3) is 5.91 Å². The van der Waals surface area contributed by atoms with Crippen LogP contribution in [0.4, 0.5) is 0 Å². The molecule has 7 heteroatoms. The molecule has 2 N–H and O–H groups in total. The first-order valence-electron chi connectivity index (χ1n) is 8.86. The first-order valence-corrected chi connectivity index (χ1v) is 8.86. The SMILES string of the molecule is CCC(CC)n1ncc(C(=O)N[C@H](CO)CN2CCOCC2)c1C. The number of rotatable bonds is 8. The topological polar surface area (TPSA) is 79.6 Å². The van der Waals surface area contributed by atoms with Crippen LogP contribution < -0.4 is 5.32 Å². The lowest BCUT2D eigenvalue weighted by Crippen LogP contribution is -2.49. The van der Waals surface area contributed by atoms with E-state index < -0.39 is 0 Å². The molecule has 0 radical (unpaired) electrons. The molecule has 1 amide bonds. The van der Waals surface area contributed by atoms with Crippen LogP contribution in [-0.2, 0) is 4.74 Å². The molecular weight excluding hydrogens is 308 g/mol. The van der Waals surface area contributed by atoms with E-state index in [9.17, 15) is 9.90 Å². The number of aliphatic hydroxyl groups excluding tert-OH is 1. The summed E-state index contributed by atoms with van der Waals surface area (Å²) in [7, 11) is 0. The Morgan fingerprint density at radius 1 is 1.38 bits per heavy atom. The van der Waals surface area contributed by atoms with Crippen LogP contribution in [0.3, 0.4) is 0 Å². The van der Waals surface area contributed by atoms with Gasteiger partial charge in [-0.2, -0.15) is 5.10 Å². The lowest BCUT2D eigenvalue weighted by atomic mass is 10.1. The Morgan fingerprint density at radius 2 is 2.04 bits per heavy atom. The lowest BCUT2D eigenvalue weighted by Gasteiger charge is -2.30. The maximum atomic E-state index is 12.6. The van der Waals surface area contributed by atoms with Crippen molar-refractivity contribution in [2.24, 2.45) is 0 Å². The van der Waals surface area contributed by atoms with Crippen LogP contribution in [-0.4, -0.2) is 71.2 Å².